The van der Waals surface area contributed by atoms with Crippen LogP contribution < -0.4 is 15.2 Å². The topological polar surface area (TPSA) is 110 Å². The van der Waals surface area contributed by atoms with E-state index < -0.39 is 0 Å². The number of quaternary nitrogens is 1. The van der Waals surface area contributed by atoms with Crippen molar-refractivity contribution < 1.29 is 14.7 Å². The molecule has 0 spiro atoms. The van der Waals surface area contributed by atoms with Crippen LogP contribution in [0, 0.1) is 0 Å². The maximum Gasteiger partial charge on any atom is 0.257 e. The van der Waals surface area contributed by atoms with E-state index in [-0.39, 0.29) is 17.7 Å². The fourth-order valence-electron chi connectivity index (χ4n) is 3.44. The summed E-state index contributed by atoms with van der Waals surface area (Å²) in [5.74, 6) is 1.50. The molecule has 3 aromatic rings. The maximum atomic E-state index is 12.7. The fraction of sp³-hybridized carbons (Fsp3) is 0.524. The molecule has 3 N–H and O–H groups in total. The Labute approximate surface area is 175 Å². The third-order valence-electron chi connectivity index (χ3n) is 5.49. The van der Waals surface area contributed by atoms with Crippen molar-refractivity contribution >= 4 is 10.9 Å². The van der Waals surface area contributed by atoms with Gasteiger partial charge in [0.05, 0.1) is 24.3 Å². The Kier molecular flexibility index (Phi) is 6.84. The minimum atomic E-state index is -0.209. The smallest absolute Gasteiger partial charge is 0.257 e. The number of fused-ring (bicyclic) bond motifs is 1. The summed E-state index contributed by atoms with van der Waals surface area (Å²) in [6, 6.07) is 7.52. The molecule has 1 aromatic carbocycles. The van der Waals surface area contributed by atoms with Gasteiger partial charge in [-0.1, -0.05) is 6.92 Å². The van der Waals surface area contributed by atoms with E-state index in [1.165, 1.54) is 0 Å². The highest BCUT2D eigenvalue weighted by Gasteiger charge is 2.26. The minimum absolute atomic E-state index is 0.00798. The van der Waals surface area contributed by atoms with Crippen molar-refractivity contribution in [1.82, 2.24) is 25.2 Å². The van der Waals surface area contributed by atoms with Crippen molar-refractivity contribution in [2.24, 2.45) is 0 Å². The summed E-state index contributed by atoms with van der Waals surface area (Å²) in [6.45, 7) is 10.2. The number of ether oxygens (including phenoxy) is 1. The third-order valence-corrected chi connectivity index (χ3v) is 5.49. The summed E-state index contributed by atoms with van der Waals surface area (Å²) >= 11 is 0. The van der Waals surface area contributed by atoms with Gasteiger partial charge in [0.15, 0.2) is 0 Å². The molecule has 0 bridgehead atoms. The largest absolute Gasteiger partial charge is 0.494 e. The number of nitrogens with zero attached hydrogens (tertiary/aromatic N) is 4. The molecule has 2 heterocycles. The van der Waals surface area contributed by atoms with E-state index in [1.54, 1.807) is 0 Å². The zero-order valence-electron chi connectivity index (χ0n) is 18.1. The number of rotatable bonds is 10. The quantitative estimate of drug-likeness (QED) is 0.448. The highest BCUT2D eigenvalue weighted by atomic mass is 16.5. The number of nitrogens with one attached hydrogen (secondary N) is 2. The van der Waals surface area contributed by atoms with E-state index in [2.05, 4.69) is 41.3 Å². The number of aromatic nitrogens is 5. The molecule has 1 atom stereocenters. The maximum absolute atomic E-state index is 12.7. The first-order valence-electron chi connectivity index (χ1n) is 10.4. The molecule has 0 amide bonds. The van der Waals surface area contributed by atoms with Crippen LogP contribution in [0.4, 0.5) is 0 Å². The first kappa shape index (κ1) is 21.9. The van der Waals surface area contributed by atoms with Gasteiger partial charge in [0.25, 0.3) is 5.56 Å². The summed E-state index contributed by atoms with van der Waals surface area (Å²) in [5, 5.41) is 22.7. The summed E-state index contributed by atoms with van der Waals surface area (Å²) in [6.07, 6.45) is 0.882. The average Bonchev–Trinajstić information content (AvgIpc) is 3.18. The van der Waals surface area contributed by atoms with Crippen LogP contribution in [0.3, 0.4) is 0 Å². The molecule has 0 radical (unpaired) electrons. The van der Waals surface area contributed by atoms with Crippen molar-refractivity contribution in [3.8, 4) is 5.75 Å². The molecule has 0 saturated heterocycles. The van der Waals surface area contributed by atoms with Crippen LogP contribution >= 0.6 is 0 Å². The second kappa shape index (κ2) is 9.36. The number of aliphatic hydroxyl groups is 1. The Morgan fingerprint density at radius 3 is 2.73 bits per heavy atom. The van der Waals surface area contributed by atoms with Crippen molar-refractivity contribution in [3.63, 3.8) is 0 Å². The van der Waals surface area contributed by atoms with Crippen LogP contribution in [0.25, 0.3) is 10.9 Å². The highest BCUT2D eigenvalue weighted by molar-refractivity contribution is 5.80. The van der Waals surface area contributed by atoms with Gasteiger partial charge in [0, 0.05) is 10.9 Å². The lowest BCUT2D eigenvalue weighted by Gasteiger charge is -2.25. The fourth-order valence-corrected chi connectivity index (χ4v) is 3.44. The molecule has 0 aliphatic rings. The molecule has 0 aliphatic heterocycles. The lowest BCUT2D eigenvalue weighted by atomic mass is 10.0. The molecule has 0 fully saturated rings. The molecule has 162 valence electrons. The second-order valence-electron chi connectivity index (χ2n) is 8.06. The van der Waals surface area contributed by atoms with Crippen LogP contribution in [-0.2, 0) is 18.6 Å². The molecule has 9 nitrogen and oxygen atoms in total. The van der Waals surface area contributed by atoms with Gasteiger partial charge in [0.1, 0.15) is 25.4 Å². The van der Waals surface area contributed by atoms with E-state index in [0.717, 1.165) is 33.8 Å². The van der Waals surface area contributed by atoms with Crippen LogP contribution in [0.5, 0.6) is 5.75 Å². The number of hydrogen-bond donors (Lipinski definition) is 3. The Morgan fingerprint density at radius 2 is 2.03 bits per heavy atom. The van der Waals surface area contributed by atoms with Crippen molar-refractivity contribution in [3.05, 3.63) is 46.0 Å². The number of aromatic amines is 1. The average molecular weight is 416 g/mol. The van der Waals surface area contributed by atoms with Crippen molar-refractivity contribution in [2.45, 2.75) is 52.7 Å². The van der Waals surface area contributed by atoms with Crippen LogP contribution in [0.15, 0.2) is 29.1 Å². The zero-order chi connectivity index (χ0) is 21.7. The van der Waals surface area contributed by atoms with Gasteiger partial charge >= 0.3 is 0 Å². The Hall–Kier alpha value is -2.78. The summed E-state index contributed by atoms with van der Waals surface area (Å²) in [4.78, 5) is 16.6. The van der Waals surface area contributed by atoms with Gasteiger partial charge in [-0.3, -0.25) is 4.79 Å². The third kappa shape index (κ3) is 4.85. The molecule has 0 saturated carbocycles. The number of pyridine rings is 1. The van der Waals surface area contributed by atoms with Crippen LogP contribution in [-0.4, -0.2) is 50.1 Å². The molecule has 1 unspecified atom stereocenters. The van der Waals surface area contributed by atoms with Gasteiger partial charge in [-0.05, 0) is 61.9 Å². The van der Waals surface area contributed by atoms with Crippen LogP contribution in [0.2, 0.25) is 0 Å². The van der Waals surface area contributed by atoms with Gasteiger partial charge < -0.3 is 19.7 Å². The SMILES string of the molecule is CCOc1ccc2[nH]c(=O)c(C[NH+](CCO)Cc3nnnn3C(C)(C)CC)cc2c1. The summed E-state index contributed by atoms with van der Waals surface area (Å²) in [5.41, 5.74) is 1.08. The summed E-state index contributed by atoms with van der Waals surface area (Å²) < 4.78 is 7.41. The van der Waals surface area contributed by atoms with Gasteiger partial charge in [-0.15, -0.1) is 5.10 Å². The molecule has 0 aliphatic carbocycles. The first-order chi connectivity index (χ1) is 14.4. The van der Waals surface area contributed by atoms with Crippen LogP contribution in [0.1, 0.15) is 45.5 Å². The number of hydrogen-bond acceptors (Lipinski definition) is 6. The van der Waals surface area contributed by atoms with Gasteiger partial charge in [0.2, 0.25) is 5.82 Å². The Morgan fingerprint density at radius 1 is 1.23 bits per heavy atom. The number of benzene rings is 1. The predicted molar refractivity (Wildman–Crippen MR) is 113 cm³/mol. The first-order valence-corrected chi connectivity index (χ1v) is 10.4. The number of aliphatic hydroxyl groups excluding tert-OH is 1. The van der Waals surface area contributed by atoms with E-state index in [9.17, 15) is 9.90 Å². The number of tetrazole rings is 1. The molecule has 3 rings (SSSR count). The summed E-state index contributed by atoms with van der Waals surface area (Å²) in [7, 11) is 0. The Balaban J connectivity index is 1.88. The monoisotopic (exact) mass is 415 g/mol. The van der Waals surface area contributed by atoms with E-state index in [4.69, 9.17) is 4.74 Å². The van der Waals surface area contributed by atoms with E-state index in [1.807, 2.05) is 35.9 Å². The predicted octanol–water partition coefficient (Wildman–Crippen LogP) is 0.636. The molecule has 9 heteroatoms. The standard InChI is InChI=1S/C21H30N6O3/c1-5-21(3,4)27-19(23-24-25-27)14-26(9-10-28)13-16-11-15-12-17(30-6-2)7-8-18(15)22-20(16)29/h7-8,11-12,28H,5-6,9-10,13-14H2,1-4H3,(H,22,29)/p+1. The lowest BCUT2D eigenvalue weighted by Crippen LogP contribution is -3.10. The Bertz CT molecular complexity index is 1040. The van der Waals surface area contributed by atoms with E-state index >= 15 is 0 Å². The molecule has 2 aromatic heterocycles. The normalized spacial score (nSPS) is 13.0. The molecule has 30 heavy (non-hydrogen) atoms. The highest BCUT2D eigenvalue weighted by Crippen LogP contribution is 2.20. The van der Waals surface area contributed by atoms with Gasteiger partial charge in [-0.25, -0.2) is 4.68 Å². The minimum Gasteiger partial charge on any atom is -0.494 e. The molecular weight excluding hydrogens is 384 g/mol. The zero-order valence-corrected chi connectivity index (χ0v) is 18.1. The van der Waals surface area contributed by atoms with Gasteiger partial charge in [-0.2, -0.15) is 0 Å². The van der Waals surface area contributed by atoms with Crippen molar-refractivity contribution in [2.75, 3.05) is 19.8 Å². The lowest BCUT2D eigenvalue weighted by molar-refractivity contribution is -0.928. The number of H-pyrrole nitrogens is 1. The molecular formula is C21H31N6O3+. The van der Waals surface area contributed by atoms with Crippen molar-refractivity contribution in [1.29, 1.82) is 0 Å². The second-order valence-corrected chi connectivity index (χ2v) is 8.06. The van der Waals surface area contributed by atoms with E-state index in [0.29, 0.717) is 31.8 Å².